The highest BCUT2D eigenvalue weighted by Gasteiger charge is 2.42. The number of hydrogen-bond donors (Lipinski definition) is 2. The third-order valence-corrected chi connectivity index (χ3v) is 5.36. The lowest BCUT2D eigenvalue weighted by molar-refractivity contribution is -0.138. The van der Waals surface area contributed by atoms with Gasteiger partial charge >= 0.3 is 12.1 Å². The Kier molecular flexibility index (Phi) is 5.48. The number of Topliss-reactive ketones (excluding diaryl/α,β-unsaturated/α-hetero) is 1. The van der Waals surface area contributed by atoms with Crippen molar-refractivity contribution in [1.29, 1.82) is 0 Å². The number of rotatable bonds is 6. The molecule has 2 aliphatic heterocycles. The molecule has 11 heteroatoms. The second-order valence-corrected chi connectivity index (χ2v) is 7.46. The maximum Gasteiger partial charge on any atom is 0.416 e. The topological polar surface area (TPSA) is 99.1 Å². The first-order chi connectivity index (χ1) is 15.6. The summed E-state index contributed by atoms with van der Waals surface area (Å²) in [5, 5.41) is 11.7. The predicted octanol–water partition coefficient (Wildman–Crippen LogP) is 3.64. The molecule has 2 aliphatic rings. The van der Waals surface area contributed by atoms with Gasteiger partial charge in [-0.3, -0.25) is 19.4 Å². The normalized spacial score (nSPS) is 16.8. The average Bonchev–Trinajstić information content (AvgIpc) is 3.03. The summed E-state index contributed by atoms with van der Waals surface area (Å²) in [4.78, 5) is 40.6. The van der Waals surface area contributed by atoms with Crippen molar-refractivity contribution in [2.24, 2.45) is 4.99 Å². The zero-order valence-corrected chi connectivity index (χ0v) is 16.7. The number of allylic oxidation sites excluding steroid dienone is 1. The quantitative estimate of drug-likeness (QED) is 0.506. The Morgan fingerprint density at radius 1 is 1.24 bits per heavy atom. The van der Waals surface area contributed by atoms with Crippen molar-refractivity contribution in [3.05, 3.63) is 70.3 Å². The number of alkyl halides is 3. The van der Waals surface area contributed by atoms with E-state index in [1.54, 1.807) is 0 Å². The number of aliphatic imine (C=N–C) groups is 1. The average molecular weight is 461 g/mol. The standard InChI is InChI=1S/C22H15F4N3O4/c23-14-4-11(3-13(6-14)22(24,25)26)9-29-15-2-1-12(5-18(32)33)21(28-10-30)20(15)19-16(29)7-27-8-17(19)31/h1-4,6-8,10,19H,5,9H2,(H,28,30)(H,32,33). The highest BCUT2D eigenvalue weighted by atomic mass is 19.4. The van der Waals surface area contributed by atoms with Gasteiger partial charge in [0.15, 0.2) is 5.78 Å². The van der Waals surface area contributed by atoms with Crippen LogP contribution < -0.4 is 10.2 Å². The first-order valence-electron chi connectivity index (χ1n) is 9.59. The van der Waals surface area contributed by atoms with Crippen LogP contribution in [0.5, 0.6) is 0 Å². The van der Waals surface area contributed by atoms with E-state index in [1.165, 1.54) is 23.2 Å². The number of halogens is 4. The van der Waals surface area contributed by atoms with Crippen LogP contribution in [-0.2, 0) is 33.5 Å². The van der Waals surface area contributed by atoms with Crippen LogP contribution in [0.2, 0.25) is 0 Å². The highest BCUT2D eigenvalue weighted by Crippen LogP contribution is 2.50. The van der Waals surface area contributed by atoms with E-state index in [0.717, 1.165) is 18.3 Å². The van der Waals surface area contributed by atoms with E-state index in [4.69, 9.17) is 0 Å². The molecule has 0 fully saturated rings. The SMILES string of the molecule is O=CNc1c(CC(=O)O)ccc2c1C1C(=O)C=NC=C1N2Cc1cc(F)cc(C(F)(F)F)c1. The van der Waals surface area contributed by atoms with Crippen molar-refractivity contribution >= 4 is 35.8 Å². The molecule has 0 spiro atoms. The zero-order chi connectivity index (χ0) is 23.9. The molecule has 0 aliphatic carbocycles. The van der Waals surface area contributed by atoms with Gasteiger partial charge in [0.1, 0.15) is 5.82 Å². The van der Waals surface area contributed by atoms with E-state index in [0.29, 0.717) is 29.4 Å². The molecular weight excluding hydrogens is 446 g/mol. The van der Waals surface area contributed by atoms with Gasteiger partial charge in [0.2, 0.25) is 6.41 Å². The fraction of sp³-hybridized carbons (Fsp3) is 0.182. The highest BCUT2D eigenvalue weighted by molar-refractivity contribution is 6.33. The molecule has 0 radical (unpaired) electrons. The lowest BCUT2D eigenvalue weighted by Crippen LogP contribution is -2.25. The third-order valence-electron chi connectivity index (χ3n) is 5.36. The summed E-state index contributed by atoms with van der Waals surface area (Å²) in [7, 11) is 0. The van der Waals surface area contributed by atoms with E-state index < -0.39 is 41.6 Å². The summed E-state index contributed by atoms with van der Waals surface area (Å²) >= 11 is 0. The number of carboxylic acid groups (broad SMARTS) is 1. The predicted molar refractivity (Wildman–Crippen MR) is 109 cm³/mol. The van der Waals surface area contributed by atoms with Gasteiger partial charge in [-0.2, -0.15) is 13.2 Å². The first-order valence-corrected chi connectivity index (χ1v) is 9.59. The number of nitrogens with one attached hydrogen (secondary N) is 1. The van der Waals surface area contributed by atoms with Gasteiger partial charge in [0.25, 0.3) is 0 Å². The number of carbonyl (C=O) groups excluding carboxylic acids is 2. The van der Waals surface area contributed by atoms with Crippen molar-refractivity contribution in [2.75, 3.05) is 10.2 Å². The zero-order valence-electron chi connectivity index (χ0n) is 16.7. The van der Waals surface area contributed by atoms with Crippen LogP contribution in [0, 0.1) is 5.82 Å². The smallest absolute Gasteiger partial charge is 0.416 e. The number of benzene rings is 2. The lowest BCUT2D eigenvalue weighted by atomic mass is 9.90. The van der Waals surface area contributed by atoms with Crippen LogP contribution >= 0.6 is 0 Å². The fourth-order valence-electron chi connectivity index (χ4n) is 4.12. The summed E-state index contributed by atoms with van der Waals surface area (Å²) in [5.41, 5.74) is 0.197. The van der Waals surface area contributed by atoms with Crippen molar-refractivity contribution < 1.29 is 37.1 Å². The Hall–Kier alpha value is -4.02. The van der Waals surface area contributed by atoms with Gasteiger partial charge < -0.3 is 15.3 Å². The summed E-state index contributed by atoms with van der Waals surface area (Å²) in [5.74, 6) is -3.63. The number of nitrogens with zero attached hydrogens (tertiary/aromatic N) is 2. The van der Waals surface area contributed by atoms with E-state index in [1.807, 2.05) is 0 Å². The Labute approximate surface area is 184 Å². The molecule has 0 saturated heterocycles. The van der Waals surface area contributed by atoms with E-state index in [9.17, 15) is 37.1 Å². The molecule has 1 unspecified atom stereocenters. The Balaban J connectivity index is 1.86. The fourth-order valence-corrected chi connectivity index (χ4v) is 4.12. The second kappa shape index (κ2) is 8.15. The monoisotopic (exact) mass is 461 g/mol. The molecule has 1 atom stereocenters. The van der Waals surface area contributed by atoms with Crippen LogP contribution in [0.1, 0.15) is 28.2 Å². The minimum atomic E-state index is -4.75. The van der Waals surface area contributed by atoms with Crippen LogP contribution in [0.3, 0.4) is 0 Å². The maximum absolute atomic E-state index is 13.9. The molecule has 2 aromatic carbocycles. The molecule has 0 saturated carbocycles. The van der Waals surface area contributed by atoms with Crippen molar-refractivity contribution in [2.45, 2.75) is 25.1 Å². The van der Waals surface area contributed by atoms with Crippen molar-refractivity contribution in [3.8, 4) is 0 Å². The Morgan fingerprint density at radius 2 is 2.00 bits per heavy atom. The molecule has 7 nitrogen and oxygen atoms in total. The van der Waals surface area contributed by atoms with E-state index in [2.05, 4.69) is 10.3 Å². The van der Waals surface area contributed by atoms with Gasteiger partial charge in [0.05, 0.1) is 35.5 Å². The molecule has 4 rings (SSSR count). The van der Waals surface area contributed by atoms with E-state index >= 15 is 0 Å². The lowest BCUT2D eigenvalue weighted by Gasteiger charge is -2.24. The van der Waals surface area contributed by atoms with Gasteiger partial charge in [0, 0.05) is 24.0 Å². The molecule has 33 heavy (non-hydrogen) atoms. The molecule has 0 bridgehead atoms. The molecular formula is C22H15F4N3O4. The molecule has 170 valence electrons. The van der Waals surface area contributed by atoms with Gasteiger partial charge in [-0.05, 0) is 35.4 Å². The largest absolute Gasteiger partial charge is 0.481 e. The molecule has 1 amide bonds. The minimum Gasteiger partial charge on any atom is -0.481 e. The first kappa shape index (κ1) is 22.2. The van der Waals surface area contributed by atoms with Gasteiger partial charge in [-0.15, -0.1) is 0 Å². The number of hydrogen-bond acceptors (Lipinski definition) is 5. The number of fused-ring (bicyclic) bond motifs is 3. The Bertz CT molecular complexity index is 1240. The summed E-state index contributed by atoms with van der Waals surface area (Å²) < 4.78 is 53.4. The van der Waals surface area contributed by atoms with Crippen LogP contribution in [0.25, 0.3) is 0 Å². The van der Waals surface area contributed by atoms with Crippen LogP contribution in [-0.4, -0.2) is 29.5 Å². The molecule has 2 aromatic rings. The molecule has 0 aromatic heterocycles. The number of carbonyl (C=O) groups is 3. The summed E-state index contributed by atoms with van der Waals surface area (Å²) in [6, 6.07) is 5.12. The number of aliphatic carboxylic acids is 1. The minimum absolute atomic E-state index is 0.00339. The number of ketones is 1. The van der Waals surface area contributed by atoms with Crippen molar-refractivity contribution in [1.82, 2.24) is 0 Å². The maximum atomic E-state index is 13.9. The third kappa shape index (κ3) is 4.09. The van der Waals surface area contributed by atoms with Crippen LogP contribution in [0.4, 0.5) is 28.9 Å². The summed E-state index contributed by atoms with van der Waals surface area (Å²) in [6.45, 7) is -0.224. The van der Waals surface area contributed by atoms with Gasteiger partial charge in [-0.25, -0.2) is 4.39 Å². The number of carboxylic acids is 1. The van der Waals surface area contributed by atoms with Crippen LogP contribution in [0.15, 0.2) is 47.2 Å². The molecule has 2 N–H and O–H groups in total. The van der Waals surface area contributed by atoms with E-state index in [-0.39, 0.29) is 23.4 Å². The number of anilines is 2. The second-order valence-electron chi connectivity index (χ2n) is 7.46. The number of amides is 1. The van der Waals surface area contributed by atoms with Crippen molar-refractivity contribution in [3.63, 3.8) is 0 Å². The van der Waals surface area contributed by atoms with Gasteiger partial charge in [-0.1, -0.05) is 6.07 Å². The molecule has 2 heterocycles. The summed E-state index contributed by atoms with van der Waals surface area (Å²) in [6.07, 6.45) is -2.41. The Morgan fingerprint density at radius 3 is 2.67 bits per heavy atom.